The number of nitrogens with one attached hydrogen (secondary N) is 1. The molecule has 4 nitrogen and oxygen atoms in total. The Bertz CT molecular complexity index is 432. The van der Waals surface area contributed by atoms with E-state index in [1.165, 1.54) is 18.2 Å². The van der Waals surface area contributed by atoms with Crippen molar-refractivity contribution in [3.8, 4) is 6.07 Å². The Morgan fingerprint density at radius 2 is 2.10 bits per heavy atom. The quantitative estimate of drug-likeness (QED) is 0.668. The first-order valence-corrected chi connectivity index (χ1v) is 6.74. The zero-order valence-corrected chi connectivity index (χ0v) is 11.8. The average Bonchev–Trinajstić information content (AvgIpc) is 2.46. The minimum Gasteiger partial charge on any atom is -0.382 e. The molecule has 1 aromatic rings. The Morgan fingerprint density at radius 3 is 2.85 bits per heavy atom. The highest BCUT2D eigenvalue weighted by Gasteiger charge is 2.03. The van der Waals surface area contributed by atoms with Gasteiger partial charge in [-0.15, -0.1) is 0 Å². The zero-order valence-electron chi connectivity index (χ0n) is 11.8. The van der Waals surface area contributed by atoms with E-state index in [1.54, 1.807) is 7.11 Å². The van der Waals surface area contributed by atoms with Crippen molar-refractivity contribution in [2.24, 2.45) is 0 Å². The fourth-order valence-electron chi connectivity index (χ4n) is 1.74. The summed E-state index contributed by atoms with van der Waals surface area (Å²) in [6.45, 7) is 3.28. The Balaban J connectivity index is 2.12. The van der Waals surface area contributed by atoms with Gasteiger partial charge in [0.15, 0.2) is 0 Å². The number of hydrogen-bond acceptors (Lipinski definition) is 4. The number of rotatable bonds is 10. The van der Waals surface area contributed by atoms with Crippen LogP contribution in [0.3, 0.4) is 0 Å². The maximum Gasteiger partial charge on any atom is 0.123 e. The van der Waals surface area contributed by atoms with Crippen LogP contribution in [0, 0.1) is 17.1 Å². The molecule has 0 radical (unpaired) electrons. The number of unbranched alkanes of at least 4 members (excludes halogenated alkanes) is 1. The zero-order chi connectivity index (χ0) is 14.6. The highest BCUT2D eigenvalue weighted by molar-refractivity contribution is 5.37. The minimum absolute atomic E-state index is 0.313. The lowest BCUT2D eigenvalue weighted by atomic mass is 10.1. The van der Waals surface area contributed by atoms with Gasteiger partial charge in [0.2, 0.25) is 0 Å². The second-order valence-electron chi connectivity index (χ2n) is 4.40. The number of methoxy groups -OCH3 is 1. The van der Waals surface area contributed by atoms with Crippen LogP contribution in [0.1, 0.15) is 24.0 Å². The molecule has 0 fully saturated rings. The number of hydrogen-bond donors (Lipinski definition) is 1. The number of halogens is 1. The Labute approximate surface area is 119 Å². The minimum atomic E-state index is -0.313. The molecule has 0 saturated carbocycles. The lowest BCUT2D eigenvalue weighted by Gasteiger charge is -2.07. The average molecular weight is 280 g/mol. The first kappa shape index (κ1) is 16.6. The van der Waals surface area contributed by atoms with E-state index in [0.29, 0.717) is 37.5 Å². The molecule has 0 aromatic heterocycles. The maximum atomic E-state index is 13.1. The predicted octanol–water partition coefficient (Wildman–Crippen LogP) is 2.23. The first-order chi connectivity index (χ1) is 9.77. The SMILES string of the molecule is COCCOCCCCNCc1cc(F)ccc1C#N. The van der Waals surface area contributed by atoms with E-state index in [0.717, 1.165) is 19.4 Å². The van der Waals surface area contributed by atoms with Crippen LogP contribution in [0.4, 0.5) is 4.39 Å². The van der Waals surface area contributed by atoms with E-state index in [4.69, 9.17) is 14.7 Å². The number of nitrogens with zero attached hydrogens (tertiary/aromatic N) is 1. The van der Waals surface area contributed by atoms with Crippen molar-refractivity contribution >= 4 is 0 Å². The molecular formula is C15H21FN2O2. The molecule has 0 aliphatic carbocycles. The van der Waals surface area contributed by atoms with Crippen LogP contribution < -0.4 is 5.32 Å². The van der Waals surface area contributed by atoms with Crippen molar-refractivity contribution in [3.05, 3.63) is 35.1 Å². The number of benzene rings is 1. The summed E-state index contributed by atoms with van der Waals surface area (Å²) in [6.07, 6.45) is 1.94. The molecule has 0 amide bonds. The molecule has 5 heteroatoms. The van der Waals surface area contributed by atoms with Gasteiger partial charge in [-0.2, -0.15) is 5.26 Å². The molecule has 0 bridgehead atoms. The van der Waals surface area contributed by atoms with Crippen LogP contribution in [0.25, 0.3) is 0 Å². The van der Waals surface area contributed by atoms with Crippen molar-refractivity contribution < 1.29 is 13.9 Å². The third kappa shape index (κ3) is 6.62. The predicted molar refractivity (Wildman–Crippen MR) is 74.8 cm³/mol. The summed E-state index contributed by atoms with van der Waals surface area (Å²) in [5, 5.41) is 12.1. The Hall–Kier alpha value is -1.48. The van der Waals surface area contributed by atoms with Crippen LogP contribution in [-0.4, -0.2) is 33.5 Å². The summed E-state index contributed by atoms with van der Waals surface area (Å²) in [5.41, 5.74) is 1.21. The highest BCUT2D eigenvalue weighted by Crippen LogP contribution is 2.10. The highest BCUT2D eigenvalue weighted by atomic mass is 19.1. The van der Waals surface area contributed by atoms with Gasteiger partial charge in [-0.1, -0.05) is 0 Å². The molecule has 0 unspecified atom stereocenters. The molecule has 0 atom stereocenters. The van der Waals surface area contributed by atoms with Crippen LogP contribution in [0.15, 0.2) is 18.2 Å². The summed E-state index contributed by atoms with van der Waals surface area (Å²) in [6, 6.07) is 6.28. The lowest BCUT2D eigenvalue weighted by molar-refractivity contribution is 0.0688. The molecule has 1 N–H and O–H groups in total. The van der Waals surface area contributed by atoms with Gasteiger partial charge in [-0.3, -0.25) is 0 Å². The topological polar surface area (TPSA) is 54.3 Å². The molecule has 1 aromatic carbocycles. The van der Waals surface area contributed by atoms with E-state index in [9.17, 15) is 4.39 Å². The lowest BCUT2D eigenvalue weighted by Crippen LogP contribution is -2.16. The van der Waals surface area contributed by atoms with Crippen LogP contribution >= 0.6 is 0 Å². The molecule has 110 valence electrons. The van der Waals surface area contributed by atoms with Crippen molar-refractivity contribution in [1.29, 1.82) is 5.26 Å². The van der Waals surface area contributed by atoms with Gasteiger partial charge in [0.05, 0.1) is 24.8 Å². The summed E-state index contributed by atoms with van der Waals surface area (Å²) in [7, 11) is 1.65. The number of ether oxygens (including phenoxy) is 2. The Morgan fingerprint density at radius 1 is 1.25 bits per heavy atom. The summed E-state index contributed by atoms with van der Waals surface area (Å²) in [4.78, 5) is 0. The standard InChI is InChI=1S/C15H21FN2O2/c1-19-8-9-20-7-3-2-6-18-12-14-10-15(16)5-4-13(14)11-17/h4-5,10,18H,2-3,6-9,12H2,1H3. The molecule has 0 aliphatic rings. The van der Waals surface area contributed by atoms with Gasteiger partial charge in [0.1, 0.15) is 5.82 Å². The van der Waals surface area contributed by atoms with E-state index >= 15 is 0 Å². The van der Waals surface area contributed by atoms with Crippen LogP contribution in [-0.2, 0) is 16.0 Å². The fourth-order valence-corrected chi connectivity index (χ4v) is 1.74. The smallest absolute Gasteiger partial charge is 0.123 e. The van der Waals surface area contributed by atoms with Gasteiger partial charge in [0.25, 0.3) is 0 Å². The normalized spacial score (nSPS) is 10.4. The molecule has 0 heterocycles. The van der Waals surface area contributed by atoms with Gasteiger partial charge < -0.3 is 14.8 Å². The molecule has 0 saturated heterocycles. The van der Waals surface area contributed by atoms with E-state index < -0.39 is 0 Å². The summed E-state index contributed by atoms with van der Waals surface area (Å²) >= 11 is 0. The van der Waals surface area contributed by atoms with Crippen molar-refractivity contribution in [3.63, 3.8) is 0 Å². The molecular weight excluding hydrogens is 259 g/mol. The molecule has 0 spiro atoms. The molecule has 0 aliphatic heterocycles. The van der Waals surface area contributed by atoms with Gasteiger partial charge in [0, 0.05) is 20.3 Å². The largest absolute Gasteiger partial charge is 0.382 e. The summed E-state index contributed by atoms with van der Waals surface area (Å²) in [5.74, 6) is -0.313. The third-order valence-corrected chi connectivity index (χ3v) is 2.83. The monoisotopic (exact) mass is 280 g/mol. The van der Waals surface area contributed by atoms with Crippen LogP contribution in [0.2, 0.25) is 0 Å². The maximum absolute atomic E-state index is 13.1. The van der Waals surface area contributed by atoms with Crippen molar-refractivity contribution in [2.45, 2.75) is 19.4 Å². The molecule has 20 heavy (non-hydrogen) atoms. The van der Waals surface area contributed by atoms with Gasteiger partial charge in [-0.05, 0) is 43.1 Å². The van der Waals surface area contributed by atoms with Gasteiger partial charge >= 0.3 is 0 Å². The van der Waals surface area contributed by atoms with Crippen LogP contribution in [0.5, 0.6) is 0 Å². The number of nitriles is 1. The van der Waals surface area contributed by atoms with Gasteiger partial charge in [-0.25, -0.2) is 4.39 Å². The molecule has 1 rings (SSSR count). The van der Waals surface area contributed by atoms with E-state index in [2.05, 4.69) is 11.4 Å². The van der Waals surface area contributed by atoms with E-state index in [1.807, 2.05) is 0 Å². The fraction of sp³-hybridized carbons (Fsp3) is 0.533. The van der Waals surface area contributed by atoms with E-state index in [-0.39, 0.29) is 5.82 Å². The second-order valence-corrected chi connectivity index (χ2v) is 4.40. The Kier molecular flexibility index (Phi) is 8.56. The van der Waals surface area contributed by atoms with Crippen molar-refractivity contribution in [1.82, 2.24) is 5.32 Å². The second kappa shape index (κ2) is 10.3. The third-order valence-electron chi connectivity index (χ3n) is 2.83. The van der Waals surface area contributed by atoms with Crippen molar-refractivity contribution in [2.75, 3.05) is 33.5 Å². The first-order valence-electron chi connectivity index (χ1n) is 6.74. The summed E-state index contributed by atoms with van der Waals surface area (Å²) < 4.78 is 23.3.